The van der Waals surface area contributed by atoms with Gasteiger partial charge in [-0.2, -0.15) is 0 Å². The topological polar surface area (TPSA) is 88.6 Å². The Morgan fingerprint density at radius 3 is 2.29 bits per heavy atom. The molecule has 4 N–H and O–H groups in total. The van der Waals surface area contributed by atoms with Crippen LogP contribution in [0.25, 0.3) is 0 Å². The van der Waals surface area contributed by atoms with Crippen LogP contribution in [0.15, 0.2) is 18.3 Å². The van der Waals surface area contributed by atoms with E-state index in [1.807, 2.05) is 0 Å². The monoisotopic (exact) mass is 238 g/mol. The molecular formula is C11H19BN2O3. The normalized spacial score (nSPS) is 12.6. The largest absolute Gasteiger partial charge is 0.511 e. The maximum atomic E-state index is 9.91. The number of nitrogen functional groups attached to an aromatic ring is 1. The van der Waals surface area contributed by atoms with E-state index in [-0.39, 0.29) is 0 Å². The average Bonchev–Trinajstić information content (AvgIpc) is 2.16. The van der Waals surface area contributed by atoms with Gasteiger partial charge in [-0.15, -0.1) is 0 Å². The molecule has 94 valence electrons. The summed E-state index contributed by atoms with van der Waals surface area (Å²) in [6.45, 7) is 6.65. The zero-order valence-electron chi connectivity index (χ0n) is 10.6. The first-order chi connectivity index (χ1) is 7.63. The maximum absolute atomic E-state index is 9.91. The summed E-state index contributed by atoms with van der Waals surface area (Å²) in [6, 6.07) is 3.21. The molecule has 1 aromatic rings. The Kier molecular flexibility index (Phi) is 3.81. The zero-order valence-corrected chi connectivity index (χ0v) is 10.6. The van der Waals surface area contributed by atoms with E-state index in [1.54, 1.807) is 39.8 Å². The molecule has 0 spiro atoms. The first-order valence-electron chi connectivity index (χ1n) is 5.43. The van der Waals surface area contributed by atoms with Crippen LogP contribution in [0.5, 0.6) is 0 Å². The van der Waals surface area contributed by atoms with Crippen LogP contribution in [0, 0.1) is 0 Å². The fourth-order valence-electron chi connectivity index (χ4n) is 1.05. The Bertz CT molecular complexity index is 373. The van der Waals surface area contributed by atoms with E-state index in [2.05, 4.69) is 4.98 Å². The van der Waals surface area contributed by atoms with Crippen LogP contribution in [-0.4, -0.2) is 33.4 Å². The van der Waals surface area contributed by atoms with Crippen LogP contribution in [-0.2, 0) is 4.65 Å². The van der Waals surface area contributed by atoms with Gasteiger partial charge in [-0.3, -0.25) is 4.98 Å². The molecule has 1 aromatic heterocycles. The molecule has 17 heavy (non-hydrogen) atoms. The van der Waals surface area contributed by atoms with Crippen LogP contribution in [0.4, 0.5) is 5.69 Å². The van der Waals surface area contributed by atoms with Crippen molar-refractivity contribution in [1.29, 1.82) is 0 Å². The lowest BCUT2D eigenvalue weighted by Gasteiger charge is -2.38. The van der Waals surface area contributed by atoms with Gasteiger partial charge in [0.1, 0.15) is 0 Å². The fourth-order valence-corrected chi connectivity index (χ4v) is 1.05. The summed E-state index contributed by atoms with van der Waals surface area (Å²) in [4.78, 5) is 3.96. The Hall–Kier alpha value is -1.11. The number of aliphatic hydroxyl groups is 1. The summed E-state index contributed by atoms with van der Waals surface area (Å²) in [5.41, 5.74) is 4.38. The van der Waals surface area contributed by atoms with Gasteiger partial charge in [0.25, 0.3) is 0 Å². The molecular weight excluding hydrogens is 219 g/mol. The molecule has 0 radical (unpaired) electrons. The molecule has 0 aliphatic carbocycles. The van der Waals surface area contributed by atoms with Gasteiger partial charge < -0.3 is 20.5 Å². The number of aromatic nitrogens is 1. The lowest BCUT2D eigenvalue weighted by Crippen LogP contribution is -2.53. The SMILES string of the molecule is CC(C)(O)C(C)(C)OB(O)c1ccc(N)cn1. The third-order valence-electron chi connectivity index (χ3n) is 2.94. The van der Waals surface area contributed by atoms with Gasteiger partial charge >= 0.3 is 7.12 Å². The fraction of sp³-hybridized carbons (Fsp3) is 0.545. The molecule has 0 aromatic carbocycles. The van der Waals surface area contributed by atoms with E-state index in [0.717, 1.165) is 0 Å². The second-order valence-corrected chi connectivity index (χ2v) is 5.06. The molecule has 1 rings (SSSR count). The molecule has 5 nitrogen and oxygen atoms in total. The minimum atomic E-state index is -1.20. The van der Waals surface area contributed by atoms with E-state index in [1.165, 1.54) is 6.20 Å². The second kappa shape index (κ2) is 4.64. The Labute approximate surface area is 102 Å². The zero-order chi connectivity index (χ0) is 13.3. The molecule has 0 aliphatic rings. The van der Waals surface area contributed by atoms with Crippen LogP contribution >= 0.6 is 0 Å². The minimum absolute atomic E-state index is 0.358. The smallest absolute Gasteiger partial charge is 0.422 e. The molecule has 0 atom stereocenters. The molecule has 0 saturated heterocycles. The number of hydrogen-bond donors (Lipinski definition) is 3. The maximum Gasteiger partial charge on any atom is 0.511 e. The molecule has 0 aliphatic heterocycles. The minimum Gasteiger partial charge on any atom is -0.422 e. The summed E-state index contributed by atoms with van der Waals surface area (Å²) in [6.07, 6.45) is 1.44. The number of nitrogens with zero attached hydrogens (tertiary/aromatic N) is 1. The van der Waals surface area contributed by atoms with Crippen molar-refractivity contribution in [2.45, 2.75) is 38.9 Å². The molecule has 0 bridgehead atoms. The number of nitrogens with two attached hydrogens (primary N) is 1. The number of rotatable bonds is 4. The summed E-state index contributed by atoms with van der Waals surface area (Å²) >= 11 is 0. The van der Waals surface area contributed by atoms with Crippen molar-refractivity contribution in [2.24, 2.45) is 0 Å². The van der Waals surface area contributed by atoms with Crippen molar-refractivity contribution in [3.8, 4) is 0 Å². The van der Waals surface area contributed by atoms with Gasteiger partial charge in [-0.1, -0.05) is 0 Å². The molecule has 0 fully saturated rings. The van der Waals surface area contributed by atoms with Gasteiger partial charge in [-0.25, -0.2) is 0 Å². The predicted octanol–water partition coefficient (Wildman–Crippen LogP) is -0.0826. The van der Waals surface area contributed by atoms with E-state index in [0.29, 0.717) is 11.3 Å². The van der Waals surface area contributed by atoms with E-state index < -0.39 is 18.3 Å². The Morgan fingerprint density at radius 1 is 1.29 bits per heavy atom. The molecule has 0 amide bonds. The van der Waals surface area contributed by atoms with Crippen LogP contribution < -0.4 is 11.3 Å². The Morgan fingerprint density at radius 2 is 1.88 bits per heavy atom. The number of hydrogen-bond acceptors (Lipinski definition) is 5. The van der Waals surface area contributed by atoms with Crippen LogP contribution in [0.2, 0.25) is 0 Å². The highest BCUT2D eigenvalue weighted by Crippen LogP contribution is 2.25. The van der Waals surface area contributed by atoms with E-state index in [9.17, 15) is 10.1 Å². The van der Waals surface area contributed by atoms with Crippen molar-refractivity contribution in [3.05, 3.63) is 18.3 Å². The summed E-state index contributed by atoms with van der Waals surface area (Å²) in [5, 5.41) is 19.8. The second-order valence-electron chi connectivity index (χ2n) is 5.06. The Balaban J connectivity index is 2.79. The predicted molar refractivity (Wildman–Crippen MR) is 67.7 cm³/mol. The summed E-state index contributed by atoms with van der Waals surface area (Å²) in [5.74, 6) is 0. The lowest BCUT2D eigenvalue weighted by molar-refractivity contribution is -0.0983. The summed E-state index contributed by atoms with van der Waals surface area (Å²) < 4.78 is 5.43. The molecule has 0 saturated carbocycles. The van der Waals surface area contributed by atoms with Crippen molar-refractivity contribution in [3.63, 3.8) is 0 Å². The van der Waals surface area contributed by atoms with Gasteiger partial charge in [0.2, 0.25) is 0 Å². The van der Waals surface area contributed by atoms with Gasteiger partial charge in [0.05, 0.1) is 16.8 Å². The third kappa shape index (κ3) is 3.42. The third-order valence-corrected chi connectivity index (χ3v) is 2.94. The number of anilines is 1. The van der Waals surface area contributed by atoms with Crippen molar-refractivity contribution < 1.29 is 14.8 Å². The van der Waals surface area contributed by atoms with Gasteiger partial charge in [0, 0.05) is 11.9 Å². The van der Waals surface area contributed by atoms with Crippen LogP contribution in [0.3, 0.4) is 0 Å². The molecule has 0 unspecified atom stereocenters. The molecule has 6 heteroatoms. The van der Waals surface area contributed by atoms with Gasteiger partial charge in [-0.05, 0) is 39.8 Å². The van der Waals surface area contributed by atoms with Crippen molar-refractivity contribution in [2.75, 3.05) is 5.73 Å². The quantitative estimate of drug-likeness (QED) is 0.638. The van der Waals surface area contributed by atoms with E-state index in [4.69, 9.17) is 10.4 Å². The number of pyridine rings is 1. The standard InChI is InChI=1S/C11H19BN2O3/c1-10(2,15)11(3,4)17-12(16)9-6-5-8(13)7-14-9/h5-7,15-16H,13H2,1-4H3. The first-order valence-corrected chi connectivity index (χ1v) is 5.43. The highest BCUT2D eigenvalue weighted by molar-refractivity contribution is 6.59. The van der Waals surface area contributed by atoms with Gasteiger partial charge in [0.15, 0.2) is 0 Å². The first kappa shape index (κ1) is 14.0. The van der Waals surface area contributed by atoms with Crippen LogP contribution in [0.1, 0.15) is 27.7 Å². The average molecular weight is 238 g/mol. The lowest BCUT2D eigenvalue weighted by atomic mass is 9.80. The highest BCUT2D eigenvalue weighted by Gasteiger charge is 2.39. The van der Waals surface area contributed by atoms with Crippen molar-refractivity contribution >= 4 is 18.4 Å². The van der Waals surface area contributed by atoms with E-state index >= 15 is 0 Å². The summed E-state index contributed by atoms with van der Waals surface area (Å²) in [7, 11) is -1.20. The molecule has 1 heterocycles. The highest BCUT2D eigenvalue weighted by atomic mass is 16.5. The van der Waals surface area contributed by atoms with Crippen molar-refractivity contribution in [1.82, 2.24) is 4.98 Å².